The number of aromatic hydroxyl groups is 1. The second-order valence-electron chi connectivity index (χ2n) is 4.24. The highest BCUT2D eigenvalue weighted by atomic mass is 16.5. The van der Waals surface area contributed by atoms with Crippen LogP contribution in [0.5, 0.6) is 11.5 Å². The van der Waals surface area contributed by atoms with Gasteiger partial charge in [-0.05, 0) is 37.3 Å². The van der Waals surface area contributed by atoms with E-state index in [0.717, 1.165) is 0 Å². The molecule has 0 atom stereocenters. The Balaban J connectivity index is 2.20. The summed E-state index contributed by atoms with van der Waals surface area (Å²) < 4.78 is 5.37. The molecule has 0 aliphatic rings. The van der Waals surface area contributed by atoms with Crippen LogP contribution in [0.3, 0.4) is 0 Å². The number of carbonyl (C=O) groups is 1. The number of aromatic nitrogens is 1. The SMILES string of the molecule is CCOc1ccc(NC(=O)c2ncccc2O)cc1CO. The van der Waals surface area contributed by atoms with Gasteiger partial charge in [0.05, 0.1) is 13.2 Å². The molecule has 0 saturated heterocycles. The molecule has 1 heterocycles. The quantitative estimate of drug-likeness (QED) is 0.782. The van der Waals surface area contributed by atoms with Crippen LogP contribution in [0.25, 0.3) is 0 Å². The molecule has 0 unspecified atom stereocenters. The number of benzene rings is 1. The fourth-order valence-electron chi connectivity index (χ4n) is 1.84. The molecule has 6 nitrogen and oxygen atoms in total. The Bertz CT molecular complexity index is 643. The minimum absolute atomic E-state index is 0.0584. The number of nitrogens with zero attached hydrogens (tertiary/aromatic N) is 1. The molecular formula is C15H16N2O4. The van der Waals surface area contributed by atoms with Gasteiger partial charge in [0.15, 0.2) is 5.69 Å². The fourth-order valence-corrected chi connectivity index (χ4v) is 1.84. The van der Waals surface area contributed by atoms with E-state index in [2.05, 4.69) is 10.3 Å². The van der Waals surface area contributed by atoms with E-state index in [-0.39, 0.29) is 18.1 Å². The normalized spacial score (nSPS) is 10.2. The number of aliphatic hydroxyl groups excluding tert-OH is 1. The zero-order valence-corrected chi connectivity index (χ0v) is 11.5. The van der Waals surface area contributed by atoms with E-state index in [9.17, 15) is 15.0 Å². The van der Waals surface area contributed by atoms with Gasteiger partial charge in [-0.25, -0.2) is 4.98 Å². The van der Waals surface area contributed by atoms with Crippen LogP contribution >= 0.6 is 0 Å². The number of anilines is 1. The van der Waals surface area contributed by atoms with Crippen molar-refractivity contribution in [1.29, 1.82) is 0 Å². The third-order valence-corrected chi connectivity index (χ3v) is 2.79. The third kappa shape index (κ3) is 3.49. The summed E-state index contributed by atoms with van der Waals surface area (Å²) in [6.07, 6.45) is 1.42. The highest BCUT2D eigenvalue weighted by Crippen LogP contribution is 2.24. The lowest BCUT2D eigenvalue weighted by Gasteiger charge is -2.11. The summed E-state index contributed by atoms with van der Waals surface area (Å²) in [5, 5.41) is 21.5. The maximum atomic E-state index is 12.0. The molecule has 0 radical (unpaired) electrons. The van der Waals surface area contributed by atoms with Gasteiger partial charge < -0.3 is 20.3 Å². The second kappa shape index (κ2) is 6.71. The van der Waals surface area contributed by atoms with Gasteiger partial charge in [-0.3, -0.25) is 4.79 Å². The zero-order chi connectivity index (χ0) is 15.2. The number of amides is 1. The van der Waals surface area contributed by atoms with E-state index in [1.807, 2.05) is 6.92 Å². The molecule has 0 fully saturated rings. The van der Waals surface area contributed by atoms with Gasteiger partial charge in [0.2, 0.25) is 0 Å². The predicted molar refractivity (Wildman–Crippen MR) is 77.4 cm³/mol. The molecule has 0 saturated carbocycles. The van der Waals surface area contributed by atoms with E-state index in [1.165, 1.54) is 18.3 Å². The minimum atomic E-state index is -0.527. The molecule has 1 aromatic carbocycles. The number of hydrogen-bond donors (Lipinski definition) is 3. The van der Waals surface area contributed by atoms with Crippen molar-refractivity contribution in [2.45, 2.75) is 13.5 Å². The summed E-state index contributed by atoms with van der Waals surface area (Å²) in [4.78, 5) is 15.8. The molecule has 1 aromatic heterocycles. The Morgan fingerprint density at radius 2 is 2.19 bits per heavy atom. The summed E-state index contributed by atoms with van der Waals surface area (Å²) in [5.41, 5.74) is 0.995. The largest absolute Gasteiger partial charge is 0.505 e. The number of aliphatic hydroxyl groups is 1. The first-order chi connectivity index (χ1) is 10.2. The topological polar surface area (TPSA) is 91.7 Å². The van der Waals surface area contributed by atoms with Gasteiger partial charge in [-0.1, -0.05) is 0 Å². The van der Waals surface area contributed by atoms with Gasteiger partial charge in [-0.15, -0.1) is 0 Å². The molecule has 0 bridgehead atoms. The number of rotatable bonds is 5. The molecule has 3 N–H and O–H groups in total. The molecule has 110 valence electrons. The maximum absolute atomic E-state index is 12.0. The number of carbonyl (C=O) groups excluding carboxylic acids is 1. The number of ether oxygens (including phenoxy) is 1. The third-order valence-electron chi connectivity index (χ3n) is 2.79. The maximum Gasteiger partial charge on any atom is 0.278 e. The van der Waals surface area contributed by atoms with Crippen LogP contribution in [0.15, 0.2) is 36.5 Å². The smallest absolute Gasteiger partial charge is 0.278 e. The highest BCUT2D eigenvalue weighted by molar-refractivity contribution is 6.04. The first kappa shape index (κ1) is 14.8. The van der Waals surface area contributed by atoms with Gasteiger partial charge >= 0.3 is 0 Å². The lowest BCUT2D eigenvalue weighted by Crippen LogP contribution is -2.14. The van der Waals surface area contributed by atoms with E-state index in [0.29, 0.717) is 23.6 Å². The van der Waals surface area contributed by atoms with Crippen LogP contribution in [-0.2, 0) is 6.61 Å². The van der Waals surface area contributed by atoms with E-state index < -0.39 is 5.91 Å². The molecule has 2 aromatic rings. The van der Waals surface area contributed by atoms with Crippen LogP contribution < -0.4 is 10.1 Å². The molecule has 1 amide bonds. The Kier molecular flexibility index (Phi) is 4.73. The average molecular weight is 288 g/mol. The van der Waals surface area contributed by atoms with Crippen molar-refractivity contribution < 1.29 is 19.7 Å². The zero-order valence-electron chi connectivity index (χ0n) is 11.5. The molecule has 2 rings (SSSR count). The van der Waals surface area contributed by atoms with Crippen LogP contribution in [-0.4, -0.2) is 27.7 Å². The van der Waals surface area contributed by atoms with E-state index in [4.69, 9.17) is 4.74 Å². The molecule has 21 heavy (non-hydrogen) atoms. The van der Waals surface area contributed by atoms with Crippen LogP contribution in [0.1, 0.15) is 23.0 Å². The Hall–Kier alpha value is -2.60. The summed E-state index contributed by atoms with van der Waals surface area (Å²) >= 11 is 0. The van der Waals surface area contributed by atoms with Crippen molar-refractivity contribution in [2.75, 3.05) is 11.9 Å². The van der Waals surface area contributed by atoms with Gasteiger partial charge in [0.1, 0.15) is 11.5 Å². The average Bonchev–Trinajstić information content (AvgIpc) is 2.49. The van der Waals surface area contributed by atoms with Crippen molar-refractivity contribution in [2.24, 2.45) is 0 Å². The lowest BCUT2D eigenvalue weighted by molar-refractivity contribution is 0.101. The standard InChI is InChI=1S/C15H16N2O4/c1-2-21-13-6-5-11(8-10(13)9-18)17-15(20)14-12(19)4-3-7-16-14/h3-8,18-19H,2,9H2,1H3,(H,17,20). The first-order valence-electron chi connectivity index (χ1n) is 6.47. The van der Waals surface area contributed by atoms with Crippen LogP contribution in [0.2, 0.25) is 0 Å². The number of hydrogen-bond acceptors (Lipinski definition) is 5. The predicted octanol–water partition coefficient (Wildman–Crippen LogP) is 1.93. The van der Waals surface area contributed by atoms with Crippen LogP contribution in [0.4, 0.5) is 5.69 Å². The molecule has 6 heteroatoms. The van der Waals surface area contributed by atoms with Crippen molar-refractivity contribution in [1.82, 2.24) is 4.98 Å². The number of nitrogens with one attached hydrogen (secondary N) is 1. The Morgan fingerprint density at radius 3 is 2.86 bits per heavy atom. The lowest BCUT2D eigenvalue weighted by atomic mass is 10.2. The van der Waals surface area contributed by atoms with Crippen molar-refractivity contribution in [3.8, 4) is 11.5 Å². The minimum Gasteiger partial charge on any atom is -0.505 e. The van der Waals surface area contributed by atoms with Gasteiger partial charge in [0.25, 0.3) is 5.91 Å². The Labute approximate surface area is 122 Å². The molecule has 0 aliphatic carbocycles. The number of pyridine rings is 1. The first-order valence-corrected chi connectivity index (χ1v) is 6.47. The summed E-state index contributed by atoms with van der Waals surface area (Å²) in [7, 11) is 0. The Morgan fingerprint density at radius 1 is 1.38 bits per heavy atom. The van der Waals surface area contributed by atoms with E-state index >= 15 is 0 Å². The van der Waals surface area contributed by atoms with Crippen molar-refractivity contribution in [3.05, 3.63) is 47.8 Å². The molecule has 0 spiro atoms. The van der Waals surface area contributed by atoms with E-state index in [1.54, 1.807) is 18.2 Å². The summed E-state index contributed by atoms with van der Waals surface area (Å²) in [5.74, 6) is -0.150. The summed E-state index contributed by atoms with van der Waals surface area (Å²) in [6.45, 7) is 2.13. The molecule has 0 aliphatic heterocycles. The van der Waals surface area contributed by atoms with Crippen molar-refractivity contribution in [3.63, 3.8) is 0 Å². The molecular weight excluding hydrogens is 272 g/mol. The highest BCUT2D eigenvalue weighted by Gasteiger charge is 2.13. The fraction of sp³-hybridized carbons (Fsp3) is 0.200. The monoisotopic (exact) mass is 288 g/mol. The van der Waals surface area contributed by atoms with Gasteiger partial charge in [0, 0.05) is 17.4 Å². The second-order valence-corrected chi connectivity index (χ2v) is 4.24. The van der Waals surface area contributed by atoms with Gasteiger partial charge in [-0.2, -0.15) is 0 Å². The van der Waals surface area contributed by atoms with Crippen molar-refractivity contribution >= 4 is 11.6 Å². The summed E-state index contributed by atoms with van der Waals surface area (Å²) in [6, 6.07) is 7.86. The van der Waals surface area contributed by atoms with Crippen LogP contribution in [0, 0.1) is 0 Å².